The van der Waals surface area contributed by atoms with E-state index in [9.17, 15) is 13.2 Å². The summed E-state index contributed by atoms with van der Waals surface area (Å²) in [5.74, 6) is 0.0106. The average Bonchev–Trinajstić information content (AvgIpc) is 2.59. The molecule has 2 aromatic rings. The van der Waals surface area contributed by atoms with Crippen LogP contribution in [0.2, 0.25) is 0 Å². The van der Waals surface area contributed by atoms with Crippen molar-refractivity contribution in [2.24, 2.45) is 0 Å². The highest BCUT2D eigenvalue weighted by Crippen LogP contribution is 2.22. The van der Waals surface area contributed by atoms with Crippen molar-refractivity contribution in [3.05, 3.63) is 64.7 Å². The lowest BCUT2D eigenvalue weighted by Crippen LogP contribution is -2.34. The van der Waals surface area contributed by atoms with Crippen molar-refractivity contribution in [1.82, 2.24) is 9.62 Å². The number of benzene rings is 2. The summed E-state index contributed by atoms with van der Waals surface area (Å²) in [4.78, 5) is 13.5. The molecule has 2 aromatic carbocycles. The lowest BCUT2D eigenvalue weighted by atomic mass is 10.00. The Morgan fingerprint density at radius 3 is 2.68 bits per heavy atom. The number of fused-ring (bicyclic) bond motifs is 1. The van der Waals surface area contributed by atoms with Crippen molar-refractivity contribution < 1.29 is 13.2 Å². The molecule has 0 spiro atoms. The standard InChI is InChI=1S/C19H22N2O3S/c1-14-4-3-5-16(10-14)12-20-25(23,24)19-7-6-17-8-9-21(15(2)22)13-18(17)11-19/h3-7,10-11,20H,8-9,12-13H2,1-2H3. The van der Waals surface area contributed by atoms with E-state index in [1.165, 1.54) is 6.92 Å². The highest BCUT2D eigenvalue weighted by molar-refractivity contribution is 7.89. The van der Waals surface area contributed by atoms with Crippen LogP contribution in [0.4, 0.5) is 0 Å². The van der Waals surface area contributed by atoms with E-state index >= 15 is 0 Å². The van der Waals surface area contributed by atoms with Crippen molar-refractivity contribution in [2.45, 2.75) is 38.3 Å². The lowest BCUT2D eigenvalue weighted by Gasteiger charge is -2.28. The van der Waals surface area contributed by atoms with Crippen LogP contribution in [0, 0.1) is 6.92 Å². The van der Waals surface area contributed by atoms with Gasteiger partial charge in [0.2, 0.25) is 15.9 Å². The Kier molecular flexibility index (Phi) is 4.92. The average molecular weight is 358 g/mol. The van der Waals surface area contributed by atoms with Crippen LogP contribution in [0.5, 0.6) is 0 Å². The van der Waals surface area contributed by atoms with Crippen molar-refractivity contribution in [2.75, 3.05) is 6.54 Å². The minimum absolute atomic E-state index is 0.0106. The van der Waals surface area contributed by atoms with Gasteiger partial charge < -0.3 is 4.90 Å². The quantitative estimate of drug-likeness (QED) is 0.912. The zero-order valence-electron chi connectivity index (χ0n) is 14.5. The highest BCUT2D eigenvalue weighted by atomic mass is 32.2. The van der Waals surface area contributed by atoms with Gasteiger partial charge in [-0.15, -0.1) is 0 Å². The molecule has 0 atom stereocenters. The summed E-state index contributed by atoms with van der Waals surface area (Å²) in [7, 11) is -3.60. The van der Waals surface area contributed by atoms with E-state index in [1.54, 1.807) is 17.0 Å². The van der Waals surface area contributed by atoms with E-state index in [2.05, 4.69) is 4.72 Å². The van der Waals surface area contributed by atoms with Gasteiger partial charge in [-0.2, -0.15) is 0 Å². The normalized spacial score (nSPS) is 14.2. The first-order valence-corrected chi connectivity index (χ1v) is 9.76. The molecule has 0 saturated carbocycles. The van der Waals surface area contributed by atoms with Gasteiger partial charge in [0, 0.05) is 26.6 Å². The van der Waals surface area contributed by atoms with Gasteiger partial charge in [-0.05, 0) is 42.2 Å². The molecule has 1 amide bonds. The van der Waals surface area contributed by atoms with E-state index in [0.717, 1.165) is 28.7 Å². The third kappa shape index (κ3) is 4.08. The van der Waals surface area contributed by atoms with Gasteiger partial charge in [-0.25, -0.2) is 13.1 Å². The number of nitrogens with one attached hydrogen (secondary N) is 1. The maximum Gasteiger partial charge on any atom is 0.240 e. The predicted molar refractivity (Wildman–Crippen MR) is 96.4 cm³/mol. The van der Waals surface area contributed by atoms with Gasteiger partial charge in [0.25, 0.3) is 0 Å². The summed E-state index contributed by atoms with van der Waals surface area (Å²) in [5, 5.41) is 0. The number of carbonyl (C=O) groups excluding carboxylic acids is 1. The zero-order chi connectivity index (χ0) is 18.0. The summed E-state index contributed by atoms with van der Waals surface area (Å²) in [5.41, 5.74) is 4.02. The molecule has 25 heavy (non-hydrogen) atoms. The summed E-state index contributed by atoms with van der Waals surface area (Å²) in [6.45, 7) is 4.91. The third-order valence-corrected chi connectivity index (χ3v) is 5.89. The number of nitrogens with zero attached hydrogens (tertiary/aromatic N) is 1. The van der Waals surface area contributed by atoms with Crippen molar-refractivity contribution in [3.8, 4) is 0 Å². The summed E-state index contributed by atoms with van der Waals surface area (Å²) in [6.07, 6.45) is 0.756. The molecule has 0 radical (unpaired) electrons. The molecule has 1 heterocycles. The molecule has 0 aliphatic carbocycles. The Labute approximate surface area is 148 Å². The van der Waals surface area contributed by atoms with Crippen LogP contribution in [0.15, 0.2) is 47.4 Å². The molecule has 1 aliphatic rings. The van der Waals surface area contributed by atoms with Gasteiger partial charge in [0.15, 0.2) is 0 Å². The first-order valence-electron chi connectivity index (χ1n) is 8.28. The Balaban J connectivity index is 1.78. The van der Waals surface area contributed by atoms with Crippen molar-refractivity contribution in [3.63, 3.8) is 0 Å². The molecule has 132 valence electrons. The molecular weight excluding hydrogens is 336 g/mol. The molecule has 0 saturated heterocycles. The van der Waals surface area contributed by atoms with Gasteiger partial charge >= 0.3 is 0 Å². The summed E-state index contributed by atoms with van der Waals surface area (Å²) < 4.78 is 27.9. The maximum atomic E-state index is 12.6. The number of amides is 1. The van der Waals surface area contributed by atoms with Crippen LogP contribution in [-0.4, -0.2) is 25.8 Å². The molecule has 0 aromatic heterocycles. The number of hydrogen-bond acceptors (Lipinski definition) is 3. The van der Waals surface area contributed by atoms with Crippen LogP contribution in [0.3, 0.4) is 0 Å². The molecule has 0 unspecified atom stereocenters. The second-order valence-electron chi connectivity index (χ2n) is 6.43. The lowest BCUT2D eigenvalue weighted by molar-refractivity contribution is -0.129. The molecule has 5 nitrogen and oxygen atoms in total. The zero-order valence-corrected chi connectivity index (χ0v) is 15.3. The SMILES string of the molecule is CC(=O)N1CCc2ccc(S(=O)(=O)NCc3cccc(C)c3)cc2C1. The summed E-state index contributed by atoms with van der Waals surface area (Å²) in [6, 6.07) is 12.9. The molecular formula is C19H22N2O3S. The van der Waals surface area contributed by atoms with Crippen LogP contribution < -0.4 is 4.72 Å². The summed E-state index contributed by atoms with van der Waals surface area (Å²) >= 11 is 0. The Morgan fingerprint density at radius 1 is 1.16 bits per heavy atom. The second kappa shape index (κ2) is 6.98. The van der Waals surface area contributed by atoms with E-state index in [0.29, 0.717) is 13.1 Å². The van der Waals surface area contributed by atoms with Crippen molar-refractivity contribution >= 4 is 15.9 Å². The van der Waals surface area contributed by atoms with E-state index in [4.69, 9.17) is 0 Å². The minimum Gasteiger partial charge on any atom is -0.338 e. The fourth-order valence-corrected chi connectivity index (χ4v) is 4.12. The van der Waals surface area contributed by atoms with Crippen molar-refractivity contribution in [1.29, 1.82) is 0 Å². The molecule has 0 fully saturated rings. The van der Waals surface area contributed by atoms with Gasteiger partial charge in [0.1, 0.15) is 0 Å². The number of rotatable bonds is 4. The smallest absolute Gasteiger partial charge is 0.240 e. The molecule has 1 aliphatic heterocycles. The second-order valence-corrected chi connectivity index (χ2v) is 8.20. The van der Waals surface area contributed by atoms with Gasteiger partial charge in [-0.1, -0.05) is 35.9 Å². The molecule has 6 heteroatoms. The number of aryl methyl sites for hydroxylation is 1. The van der Waals surface area contributed by atoms with E-state index < -0.39 is 10.0 Å². The number of carbonyl (C=O) groups is 1. The topological polar surface area (TPSA) is 66.5 Å². The van der Waals surface area contributed by atoms with E-state index in [1.807, 2.05) is 37.3 Å². The number of hydrogen-bond donors (Lipinski definition) is 1. The molecule has 1 N–H and O–H groups in total. The largest absolute Gasteiger partial charge is 0.338 e. The van der Waals surface area contributed by atoms with E-state index in [-0.39, 0.29) is 17.3 Å². The Hall–Kier alpha value is -2.18. The number of sulfonamides is 1. The van der Waals surface area contributed by atoms with Crippen LogP contribution in [-0.2, 0) is 34.3 Å². The van der Waals surface area contributed by atoms with Crippen LogP contribution >= 0.6 is 0 Å². The van der Waals surface area contributed by atoms with Crippen LogP contribution in [0.25, 0.3) is 0 Å². The Bertz CT molecular complexity index is 907. The molecule has 0 bridgehead atoms. The first kappa shape index (κ1) is 17.6. The fraction of sp³-hybridized carbons (Fsp3) is 0.316. The Morgan fingerprint density at radius 2 is 1.96 bits per heavy atom. The third-order valence-electron chi connectivity index (χ3n) is 4.49. The predicted octanol–water partition coefficient (Wildman–Crippen LogP) is 2.38. The minimum atomic E-state index is -3.60. The van der Waals surface area contributed by atoms with Crippen LogP contribution in [0.1, 0.15) is 29.2 Å². The first-order chi connectivity index (χ1) is 11.8. The monoisotopic (exact) mass is 358 g/mol. The van der Waals surface area contributed by atoms with Gasteiger partial charge in [0.05, 0.1) is 4.90 Å². The maximum absolute atomic E-state index is 12.6. The molecule has 3 rings (SSSR count). The highest BCUT2D eigenvalue weighted by Gasteiger charge is 2.21. The van der Waals surface area contributed by atoms with Gasteiger partial charge in [-0.3, -0.25) is 4.79 Å². The fourth-order valence-electron chi connectivity index (χ4n) is 3.05.